The average molecular weight is 235 g/mol. The molecule has 1 fully saturated rings. The fraction of sp³-hybridized carbons (Fsp3) is 0.714. The van der Waals surface area contributed by atoms with Gasteiger partial charge in [-0.3, -0.25) is 14.5 Å². The molecule has 8 heteroatoms. The van der Waals surface area contributed by atoms with E-state index in [9.17, 15) is 18.0 Å². The standard InChI is InChI=1S/C7H13N3O4S/c1-10-6(11)4-5(7(10)12)9-2-3-15(8,13)14/h5,9H,2-4H2,1H3,(H2,8,13,14). The van der Waals surface area contributed by atoms with Gasteiger partial charge in [0, 0.05) is 13.6 Å². The molecule has 1 unspecified atom stereocenters. The first-order valence-electron chi connectivity index (χ1n) is 4.35. The smallest absolute Gasteiger partial charge is 0.246 e. The molecule has 1 heterocycles. The second-order valence-corrected chi connectivity index (χ2v) is 5.10. The van der Waals surface area contributed by atoms with E-state index >= 15 is 0 Å². The number of nitrogens with two attached hydrogens (primary N) is 1. The minimum atomic E-state index is -3.53. The maximum Gasteiger partial charge on any atom is 0.246 e. The van der Waals surface area contributed by atoms with Gasteiger partial charge in [-0.15, -0.1) is 0 Å². The van der Waals surface area contributed by atoms with Crippen molar-refractivity contribution in [2.75, 3.05) is 19.3 Å². The van der Waals surface area contributed by atoms with Crippen LogP contribution in [0.1, 0.15) is 6.42 Å². The lowest BCUT2D eigenvalue weighted by Gasteiger charge is -2.09. The molecule has 0 bridgehead atoms. The average Bonchev–Trinajstić information content (AvgIpc) is 2.32. The van der Waals surface area contributed by atoms with Gasteiger partial charge in [0.2, 0.25) is 21.8 Å². The van der Waals surface area contributed by atoms with Gasteiger partial charge in [-0.25, -0.2) is 13.6 Å². The summed E-state index contributed by atoms with van der Waals surface area (Å²) in [6.07, 6.45) is 0.0694. The minimum absolute atomic E-state index is 0.0658. The van der Waals surface area contributed by atoms with Crippen molar-refractivity contribution in [1.29, 1.82) is 0 Å². The summed E-state index contributed by atoms with van der Waals surface area (Å²) < 4.78 is 21.2. The molecule has 86 valence electrons. The van der Waals surface area contributed by atoms with Crippen molar-refractivity contribution in [2.24, 2.45) is 5.14 Å². The van der Waals surface area contributed by atoms with Crippen LogP contribution in [0.4, 0.5) is 0 Å². The van der Waals surface area contributed by atoms with Gasteiger partial charge >= 0.3 is 0 Å². The third kappa shape index (κ3) is 3.26. The van der Waals surface area contributed by atoms with Gasteiger partial charge in [-0.1, -0.05) is 0 Å². The Bertz CT molecular complexity index is 378. The van der Waals surface area contributed by atoms with Crippen molar-refractivity contribution >= 4 is 21.8 Å². The maximum atomic E-state index is 11.3. The van der Waals surface area contributed by atoms with Crippen LogP contribution in [0.5, 0.6) is 0 Å². The molecule has 15 heavy (non-hydrogen) atoms. The van der Waals surface area contributed by atoms with Crippen LogP contribution in [-0.2, 0) is 19.6 Å². The molecule has 0 saturated carbocycles. The van der Waals surface area contributed by atoms with E-state index < -0.39 is 16.1 Å². The van der Waals surface area contributed by atoms with E-state index in [4.69, 9.17) is 5.14 Å². The molecular weight excluding hydrogens is 222 g/mol. The highest BCUT2D eigenvalue weighted by Crippen LogP contribution is 2.09. The minimum Gasteiger partial charge on any atom is -0.304 e. The highest BCUT2D eigenvalue weighted by atomic mass is 32.2. The number of rotatable bonds is 4. The van der Waals surface area contributed by atoms with Crippen LogP contribution in [0, 0.1) is 0 Å². The van der Waals surface area contributed by atoms with Crippen molar-refractivity contribution in [2.45, 2.75) is 12.5 Å². The Kier molecular flexibility index (Phi) is 3.42. The summed E-state index contributed by atoms with van der Waals surface area (Å²) >= 11 is 0. The predicted molar refractivity (Wildman–Crippen MR) is 52.2 cm³/mol. The number of imide groups is 1. The molecule has 1 atom stereocenters. The Hall–Kier alpha value is -0.990. The Balaban J connectivity index is 2.42. The van der Waals surface area contributed by atoms with Crippen molar-refractivity contribution < 1.29 is 18.0 Å². The fourth-order valence-electron chi connectivity index (χ4n) is 1.29. The lowest BCUT2D eigenvalue weighted by Crippen LogP contribution is -2.40. The zero-order valence-electron chi connectivity index (χ0n) is 8.26. The van der Waals surface area contributed by atoms with Gasteiger partial charge in [0.1, 0.15) is 0 Å². The summed E-state index contributed by atoms with van der Waals surface area (Å²) in [5.41, 5.74) is 0. The molecule has 0 aromatic carbocycles. The van der Waals surface area contributed by atoms with Crippen molar-refractivity contribution in [3.8, 4) is 0 Å². The molecule has 0 aromatic heterocycles. The normalized spacial score (nSPS) is 22.5. The third-order valence-electron chi connectivity index (χ3n) is 2.16. The Morgan fingerprint density at radius 3 is 2.53 bits per heavy atom. The highest BCUT2D eigenvalue weighted by Gasteiger charge is 2.35. The predicted octanol–water partition coefficient (Wildman–Crippen LogP) is -2.38. The van der Waals surface area contributed by atoms with E-state index in [1.54, 1.807) is 0 Å². The lowest BCUT2D eigenvalue weighted by molar-refractivity contribution is -0.137. The number of carbonyl (C=O) groups is 2. The molecule has 2 amide bonds. The Morgan fingerprint density at radius 1 is 1.53 bits per heavy atom. The van der Waals surface area contributed by atoms with Gasteiger partial charge < -0.3 is 5.32 Å². The number of hydrogen-bond acceptors (Lipinski definition) is 5. The Morgan fingerprint density at radius 2 is 2.13 bits per heavy atom. The van der Waals surface area contributed by atoms with Gasteiger partial charge in [-0.2, -0.15) is 0 Å². The summed E-state index contributed by atoms with van der Waals surface area (Å²) in [6, 6.07) is -0.621. The van der Waals surface area contributed by atoms with E-state index in [0.29, 0.717) is 0 Å². The zero-order chi connectivity index (χ0) is 11.6. The maximum absolute atomic E-state index is 11.3. The molecule has 7 nitrogen and oxygen atoms in total. The second-order valence-electron chi connectivity index (χ2n) is 3.37. The van der Waals surface area contributed by atoms with Gasteiger partial charge in [0.05, 0.1) is 18.2 Å². The SMILES string of the molecule is CN1C(=O)CC(NCCS(N)(=O)=O)C1=O. The van der Waals surface area contributed by atoms with E-state index in [2.05, 4.69) is 5.32 Å². The van der Waals surface area contributed by atoms with Crippen LogP contribution in [0.25, 0.3) is 0 Å². The third-order valence-corrected chi connectivity index (χ3v) is 2.93. The number of sulfonamides is 1. The number of nitrogens with zero attached hydrogens (tertiary/aromatic N) is 1. The zero-order valence-corrected chi connectivity index (χ0v) is 9.08. The summed E-state index contributed by atoms with van der Waals surface area (Å²) in [5, 5.41) is 7.46. The van der Waals surface area contributed by atoms with Crippen molar-refractivity contribution in [1.82, 2.24) is 10.2 Å². The first kappa shape index (κ1) is 12.1. The molecular formula is C7H13N3O4S. The van der Waals surface area contributed by atoms with Crippen LogP contribution in [-0.4, -0.2) is 50.5 Å². The number of primary sulfonamides is 1. The quantitative estimate of drug-likeness (QED) is 0.529. The molecule has 1 aliphatic heterocycles. The second kappa shape index (κ2) is 4.25. The Labute approximate surface area is 87.7 Å². The summed E-state index contributed by atoms with van der Waals surface area (Å²) in [4.78, 5) is 23.4. The van der Waals surface area contributed by atoms with Crippen LogP contribution in [0.15, 0.2) is 0 Å². The largest absolute Gasteiger partial charge is 0.304 e. The number of carbonyl (C=O) groups excluding carboxylic acids is 2. The van der Waals surface area contributed by atoms with E-state index in [-0.39, 0.29) is 30.5 Å². The lowest BCUT2D eigenvalue weighted by atomic mass is 10.2. The van der Waals surface area contributed by atoms with Crippen molar-refractivity contribution in [3.63, 3.8) is 0 Å². The number of nitrogens with one attached hydrogen (secondary N) is 1. The van der Waals surface area contributed by atoms with Crippen molar-refractivity contribution in [3.05, 3.63) is 0 Å². The number of amides is 2. The van der Waals surface area contributed by atoms with Gasteiger partial charge in [0.25, 0.3) is 0 Å². The topological polar surface area (TPSA) is 110 Å². The molecule has 1 saturated heterocycles. The number of likely N-dealkylation sites (N-methyl/N-ethyl adjacent to an activating group) is 1. The number of hydrogen-bond donors (Lipinski definition) is 2. The monoisotopic (exact) mass is 235 g/mol. The van der Waals surface area contributed by atoms with Crippen LogP contribution >= 0.6 is 0 Å². The molecule has 0 radical (unpaired) electrons. The fourth-order valence-corrected chi connectivity index (χ4v) is 1.69. The molecule has 1 rings (SSSR count). The van der Waals surface area contributed by atoms with Crippen LogP contribution < -0.4 is 10.5 Å². The van der Waals surface area contributed by atoms with E-state index in [1.807, 2.05) is 0 Å². The molecule has 0 spiro atoms. The summed E-state index contributed by atoms with van der Waals surface area (Å²) in [5.74, 6) is -0.864. The molecule has 0 aromatic rings. The van der Waals surface area contributed by atoms with Crippen LogP contribution in [0.2, 0.25) is 0 Å². The van der Waals surface area contributed by atoms with Gasteiger partial charge in [-0.05, 0) is 0 Å². The van der Waals surface area contributed by atoms with E-state index in [1.165, 1.54) is 7.05 Å². The highest BCUT2D eigenvalue weighted by molar-refractivity contribution is 7.89. The molecule has 1 aliphatic rings. The van der Waals surface area contributed by atoms with Gasteiger partial charge in [0.15, 0.2) is 0 Å². The molecule has 3 N–H and O–H groups in total. The first-order chi connectivity index (χ1) is 6.81. The van der Waals surface area contributed by atoms with E-state index in [0.717, 1.165) is 4.90 Å². The summed E-state index contributed by atoms with van der Waals surface area (Å²) in [6.45, 7) is 0.0658. The summed E-state index contributed by atoms with van der Waals surface area (Å²) in [7, 11) is -2.14. The number of likely N-dealkylation sites (tertiary alicyclic amines) is 1. The molecule has 0 aliphatic carbocycles. The first-order valence-corrected chi connectivity index (χ1v) is 6.07. The van der Waals surface area contributed by atoms with Crippen LogP contribution in [0.3, 0.4) is 0 Å².